The average Bonchev–Trinajstić information content (AvgIpc) is 2.81. The van der Waals surface area contributed by atoms with Gasteiger partial charge in [-0.15, -0.1) is 0 Å². The second-order valence-electron chi connectivity index (χ2n) is 6.87. The molecule has 25 heavy (non-hydrogen) atoms. The molecule has 2 aromatic carbocycles. The number of nitrogens with one attached hydrogen (secondary N) is 1. The number of amides is 1. The van der Waals surface area contributed by atoms with Crippen LogP contribution < -0.4 is 10.1 Å². The molecule has 0 aromatic heterocycles. The van der Waals surface area contributed by atoms with Gasteiger partial charge in [-0.2, -0.15) is 0 Å². The van der Waals surface area contributed by atoms with E-state index < -0.39 is 0 Å². The highest BCUT2D eigenvalue weighted by molar-refractivity contribution is 5.78. The molecule has 1 aliphatic heterocycles. The highest BCUT2D eigenvalue weighted by Crippen LogP contribution is 2.23. The van der Waals surface area contributed by atoms with Crippen LogP contribution in [-0.4, -0.2) is 30.5 Å². The van der Waals surface area contributed by atoms with Gasteiger partial charge in [0.1, 0.15) is 12.4 Å². The normalized spacial score (nSPS) is 15.8. The third-order valence-electron chi connectivity index (χ3n) is 4.54. The smallest absolute Gasteiger partial charge is 0.234 e. The van der Waals surface area contributed by atoms with Gasteiger partial charge in [0.25, 0.3) is 0 Å². The molecule has 1 amide bonds. The van der Waals surface area contributed by atoms with E-state index in [0.29, 0.717) is 19.1 Å². The molecule has 3 rings (SSSR count). The maximum absolute atomic E-state index is 12.6. The molecular formula is C21H26N2O2. The van der Waals surface area contributed by atoms with Gasteiger partial charge in [0.15, 0.2) is 0 Å². The van der Waals surface area contributed by atoms with Gasteiger partial charge in [0.2, 0.25) is 5.91 Å². The van der Waals surface area contributed by atoms with Crippen LogP contribution in [0, 0.1) is 5.92 Å². The Kier molecular flexibility index (Phi) is 5.71. The molecule has 1 unspecified atom stereocenters. The van der Waals surface area contributed by atoms with Crippen LogP contribution in [0.2, 0.25) is 0 Å². The third kappa shape index (κ3) is 4.60. The number of hydrogen-bond donors (Lipinski definition) is 1. The topological polar surface area (TPSA) is 41.6 Å². The molecule has 0 saturated heterocycles. The van der Waals surface area contributed by atoms with Crippen molar-refractivity contribution in [3.8, 4) is 5.75 Å². The quantitative estimate of drug-likeness (QED) is 0.908. The standard InChI is InChI=1S/C21H26N2O2/c1-16(2)21(17-8-4-3-5-9-17)22-20(24)15-23-12-13-25-19-11-7-6-10-18(19)14-23/h3-11,16,21H,12-15H2,1-2H3,(H,22,24). The summed E-state index contributed by atoms with van der Waals surface area (Å²) < 4.78 is 5.78. The van der Waals surface area contributed by atoms with Crippen LogP contribution in [0.15, 0.2) is 54.6 Å². The third-order valence-corrected chi connectivity index (χ3v) is 4.54. The zero-order valence-corrected chi connectivity index (χ0v) is 14.9. The Bertz CT molecular complexity index is 700. The number of rotatable bonds is 5. The first-order valence-electron chi connectivity index (χ1n) is 8.91. The monoisotopic (exact) mass is 338 g/mol. The van der Waals surface area contributed by atoms with Crippen LogP contribution >= 0.6 is 0 Å². The van der Waals surface area contributed by atoms with Crippen molar-refractivity contribution in [2.45, 2.75) is 26.4 Å². The Labute approximate surface area is 149 Å². The van der Waals surface area contributed by atoms with Crippen LogP contribution in [0.4, 0.5) is 0 Å². The van der Waals surface area contributed by atoms with Crippen molar-refractivity contribution in [3.63, 3.8) is 0 Å². The van der Waals surface area contributed by atoms with Crippen LogP contribution in [0.3, 0.4) is 0 Å². The maximum Gasteiger partial charge on any atom is 0.234 e. The Morgan fingerprint density at radius 1 is 1.12 bits per heavy atom. The van der Waals surface area contributed by atoms with Gasteiger partial charge in [-0.3, -0.25) is 9.69 Å². The summed E-state index contributed by atoms with van der Waals surface area (Å²) in [4.78, 5) is 14.8. The fraction of sp³-hybridized carbons (Fsp3) is 0.381. The first-order valence-corrected chi connectivity index (χ1v) is 8.91. The first-order chi connectivity index (χ1) is 12.1. The lowest BCUT2D eigenvalue weighted by Gasteiger charge is -2.25. The lowest BCUT2D eigenvalue weighted by atomic mass is 9.96. The number of hydrogen-bond acceptors (Lipinski definition) is 3. The van der Waals surface area contributed by atoms with Crippen molar-refractivity contribution >= 4 is 5.91 Å². The van der Waals surface area contributed by atoms with E-state index in [-0.39, 0.29) is 11.9 Å². The molecule has 0 aliphatic carbocycles. The van der Waals surface area contributed by atoms with Crippen molar-refractivity contribution < 1.29 is 9.53 Å². The summed E-state index contributed by atoms with van der Waals surface area (Å²) in [5, 5.41) is 3.20. The predicted octanol–water partition coefficient (Wildman–Crippen LogP) is 3.39. The minimum atomic E-state index is 0.0317. The van der Waals surface area contributed by atoms with Crippen LogP contribution in [0.25, 0.3) is 0 Å². The van der Waals surface area contributed by atoms with Crippen molar-refractivity contribution in [2.75, 3.05) is 19.7 Å². The SMILES string of the molecule is CC(C)C(NC(=O)CN1CCOc2ccccc2C1)c1ccccc1. The molecule has 4 nitrogen and oxygen atoms in total. The van der Waals surface area contributed by atoms with Crippen molar-refractivity contribution in [2.24, 2.45) is 5.92 Å². The Morgan fingerprint density at radius 2 is 1.84 bits per heavy atom. The van der Waals surface area contributed by atoms with Gasteiger partial charge in [0, 0.05) is 18.7 Å². The Balaban J connectivity index is 1.63. The minimum absolute atomic E-state index is 0.0317. The van der Waals surface area contributed by atoms with Crippen LogP contribution in [-0.2, 0) is 11.3 Å². The molecule has 1 N–H and O–H groups in total. The molecule has 0 radical (unpaired) electrons. The molecule has 1 atom stereocenters. The summed E-state index contributed by atoms with van der Waals surface area (Å²) in [7, 11) is 0. The van der Waals surface area contributed by atoms with E-state index in [0.717, 1.165) is 30.0 Å². The highest BCUT2D eigenvalue weighted by Gasteiger charge is 2.21. The van der Waals surface area contributed by atoms with E-state index in [1.54, 1.807) is 0 Å². The minimum Gasteiger partial charge on any atom is -0.492 e. The largest absolute Gasteiger partial charge is 0.492 e. The summed E-state index contributed by atoms with van der Waals surface area (Å²) in [5.74, 6) is 1.32. The fourth-order valence-electron chi connectivity index (χ4n) is 3.23. The van der Waals surface area contributed by atoms with Gasteiger partial charge < -0.3 is 10.1 Å². The fourth-order valence-corrected chi connectivity index (χ4v) is 3.23. The van der Waals surface area contributed by atoms with Crippen molar-refractivity contribution in [1.82, 2.24) is 10.2 Å². The van der Waals surface area contributed by atoms with Gasteiger partial charge in [-0.05, 0) is 17.5 Å². The average molecular weight is 338 g/mol. The van der Waals surface area contributed by atoms with E-state index >= 15 is 0 Å². The molecule has 2 aromatic rings. The number of carbonyl (C=O) groups excluding carboxylic acids is 1. The zero-order chi connectivity index (χ0) is 17.6. The zero-order valence-electron chi connectivity index (χ0n) is 14.9. The Hall–Kier alpha value is -2.33. The summed E-state index contributed by atoms with van der Waals surface area (Å²) in [6.07, 6.45) is 0. The molecule has 1 aliphatic rings. The molecule has 4 heteroatoms. The van der Waals surface area contributed by atoms with Gasteiger partial charge in [-0.25, -0.2) is 0 Å². The second-order valence-corrected chi connectivity index (χ2v) is 6.87. The van der Waals surface area contributed by atoms with E-state index in [1.165, 1.54) is 0 Å². The van der Waals surface area contributed by atoms with Gasteiger partial charge in [0.05, 0.1) is 12.6 Å². The van der Waals surface area contributed by atoms with Crippen LogP contribution in [0.1, 0.15) is 31.0 Å². The van der Waals surface area contributed by atoms with E-state index in [2.05, 4.69) is 42.3 Å². The van der Waals surface area contributed by atoms with E-state index in [1.807, 2.05) is 36.4 Å². The maximum atomic E-state index is 12.6. The molecule has 1 heterocycles. The van der Waals surface area contributed by atoms with Crippen molar-refractivity contribution in [1.29, 1.82) is 0 Å². The number of benzene rings is 2. The number of ether oxygens (including phenoxy) is 1. The molecule has 132 valence electrons. The van der Waals surface area contributed by atoms with E-state index in [4.69, 9.17) is 4.74 Å². The number of carbonyl (C=O) groups is 1. The summed E-state index contributed by atoms with van der Waals surface area (Å²) in [6, 6.07) is 18.2. The summed E-state index contributed by atoms with van der Waals surface area (Å²) in [5.41, 5.74) is 2.28. The van der Waals surface area contributed by atoms with E-state index in [9.17, 15) is 4.79 Å². The Morgan fingerprint density at radius 3 is 2.60 bits per heavy atom. The lowest BCUT2D eigenvalue weighted by molar-refractivity contribution is -0.123. The molecular weight excluding hydrogens is 312 g/mol. The second kappa shape index (κ2) is 8.17. The lowest BCUT2D eigenvalue weighted by Crippen LogP contribution is -2.40. The molecule has 0 spiro atoms. The predicted molar refractivity (Wildman–Crippen MR) is 99.4 cm³/mol. The van der Waals surface area contributed by atoms with Gasteiger partial charge >= 0.3 is 0 Å². The number of nitrogens with zero attached hydrogens (tertiary/aromatic N) is 1. The first kappa shape index (κ1) is 17.5. The summed E-state index contributed by atoms with van der Waals surface area (Å²) in [6.45, 7) is 6.74. The number of para-hydroxylation sites is 1. The molecule has 0 bridgehead atoms. The van der Waals surface area contributed by atoms with Gasteiger partial charge in [-0.1, -0.05) is 62.4 Å². The molecule has 0 fully saturated rings. The highest BCUT2D eigenvalue weighted by atomic mass is 16.5. The number of fused-ring (bicyclic) bond motifs is 1. The molecule has 0 saturated carbocycles. The van der Waals surface area contributed by atoms with Crippen molar-refractivity contribution in [3.05, 3.63) is 65.7 Å². The van der Waals surface area contributed by atoms with Crippen LogP contribution in [0.5, 0.6) is 5.75 Å². The summed E-state index contributed by atoms with van der Waals surface area (Å²) >= 11 is 0.